The molecule has 96 valence electrons. The predicted molar refractivity (Wildman–Crippen MR) is 66.0 cm³/mol. The first-order valence-corrected chi connectivity index (χ1v) is 7.56. The van der Waals surface area contributed by atoms with Crippen LogP contribution in [0, 0.1) is 0 Å². The molecule has 0 aromatic rings. The topological polar surface area (TPSA) is 58.6 Å². The van der Waals surface area contributed by atoms with E-state index in [1.165, 1.54) is 0 Å². The zero-order valence-corrected chi connectivity index (χ0v) is 10.8. The summed E-state index contributed by atoms with van der Waals surface area (Å²) in [6.07, 6.45) is 2.77. The summed E-state index contributed by atoms with van der Waals surface area (Å²) in [7, 11) is -0.960. The van der Waals surface area contributed by atoms with Gasteiger partial charge in [0.25, 0.3) is 0 Å². The van der Waals surface area contributed by atoms with Crippen molar-refractivity contribution in [2.24, 2.45) is 0 Å². The van der Waals surface area contributed by atoms with Crippen LogP contribution in [0.5, 0.6) is 0 Å². The molecule has 3 atom stereocenters. The number of hydrogen-bond acceptors (Lipinski definition) is 4. The van der Waals surface area contributed by atoms with Crippen LogP contribution < -0.4 is 5.32 Å². The summed E-state index contributed by atoms with van der Waals surface area (Å²) >= 11 is 0. The molecule has 0 amide bonds. The van der Waals surface area contributed by atoms with Gasteiger partial charge in [-0.1, -0.05) is 6.92 Å². The highest BCUT2D eigenvalue weighted by Gasteiger charge is 2.19. The minimum Gasteiger partial charge on any atom is -0.391 e. The molecule has 0 saturated carbocycles. The highest BCUT2D eigenvalue weighted by Crippen LogP contribution is 2.13. The van der Waals surface area contributed by atoms with Gasteiger partial charge in [0.15, 0.2) is 0 Å². The van der Waals surface area contributed by atoms with E-state index in [0.29, 0.717) is 18.1 Å². The van der Waals surface area contributed by atoms with Crippen molar-refractivity contribution in [1.29, 1.82) is 0 Å². The number of hydrogen-bond donors (Lipinski definition) is 2. The first kappa shape index (κ1) is 14.1. The molecular weight excluding hydrogens is 226 g/mol. The molecule has 1 fully saturated rings. The van der Waals surface area contributed by atoms with E-state index in [-0.39, 0.29) is 6.10 Å². The van der Waals surface area contributed by atoms with Gasteiger partial charge in [-0.25, -0.2) is 0 Å². The van der Waals surface area contributed by atoms with Gasteiger partial charge in [-0.15, -0.1) is 0 Å². The van der Waals surface area contributed by atoms with Crippen molar-refractivity contribution >= 4 is 10.8 Å². The third-order valence-corrected chi connectivity index (χ3v) is 4.08. The monoisotopic (exact) mass is 249 g/mol. The Morgan fingerprint density at radius 3 is 3.06 bits per heavy atom. The molecule has 0 radical (unpaired) electrons. The highest BCUT2D eigenvalue weighted by molar-refractivity contribution is 7.85. The number of aliphatic hydroxyl groups excluding tert-OH is 1. The van der Waals surface area contributed by atoms with Crippen molar-refractivity contribution in [1.82, 2.24) is 5.32 Å². The summed E-state index contributed by atoms with van der Waals surface area (Å²) in [6, 6.07) is 0. The second-order valence-corrected chi connectivity index (χ2v) is 5.81. The van der Waals surface area contributed by atoms with Crippen molar-refractivity contribution < 1.29 is 14.1 Å². The fraction of sp³-hybridized carbons (Fsp3) is 1.00. The Kier molecular flexibility index (Phi) is 7.20. The molecule has 4 nitrogen and oxygen atoms in total. The zero-order chi connectivity index (χ0) is 11.8. The number of nitrogens with one attached hydrogen (secondary N) is 1. The van der Waals surface area contributed by atoms with E-state index in [9.17, 15) is 9.32 Å². The van der Waals surface area contributed by atoms with Gasteiger partial charge < -0.3 is 15.2 Å². The van der Waals surface area contributed by atoms with Gasteiger partial charge >= 0.3 is 0 Å². The van der Waals surface area contributed by atoms with Gasteiger partial charge in [0.1, 0.15) is 0 Å². The first-order valence-electron chi connectivity index (χ1n) is 6.07. The molecule has 1 aliphatic rings. The Bertz CT molecular complexity index is 207. The standard InChI is InChI=1S/C11H23NO3S/c1-2-5-12-7-10(13)8-16(14)9-11-4-3-6-15-11/h10-13H,2-9H2,1H3. The molecule has 1 saturated heterocycles. The maximum Gasteiger partial charge on any atom is 0.0779 e. The Morgan fingerprint density at radius 2 is 2.44 bits per heavy atom. The predicted octanol–water partition coefficient (Wildman–Crippen LogP) is 0.275. The molecule has 0 aromatic carbocycles. The normalized spacial score (nSPS) is 24.5. The third kappa shape index (κ3) is 5.94. The molecular formula is C11H23NO3S. The van der Waals surface area contributed by atoms with Crippen LogP contribution >= 0.6 is 0 Å². The lowest BCUT2D eigenvalue weighted by Gasteiger charge is -2.13. The minimum atomic E-state index is -0.960. The van der Waals surface area contributed by atoms with Crippen LogP contribution in [0.15, 0.2) is 0 Å². The van der Waals surface area contributed by atoms with Crippen molar-refractivity contribution in [2.45, 2.75) is 38.4 Å². The van der Waals surface area contributed by atoms with E-state index in [1.807, 2.05) is 0 Å². The molecule has 1 heterocycles. The Hall–Kier alpha value is 0.0300. The first-order chi connectivity index (χ1) is 7.72. The molecule has 16 heavy (non-hydrogen) atoms. The van der Waals surface area contributed by atoms with Crippen molar-refractivity contribution in [3.63, 3.8) is 0 Å². The van der Waals surface area contributed by atoms with Gasteiger partial charge in [-0.05, 0) is 25.8 Å². The van der Waals surface area contributed by atoms with Crippen molar-refractivity contribution in [3.05, 3.63) is 0 Å². The van der Waals surface area contributed by atoms with Crippen LogP contribution in [0.3, 0.4) is 0 Å². The van der Waals surface area contributed by atoms with E-state index in [1.54, 1.807) is 0 Å². The summed E-state index contributed by atoms with van der Waals surface area (Å²) in [6.45, 7) is 4.30. The van der Waals surface area contributed by atoms with Gasteiger partial charge in [0.05, 0.1) is 18.0 Å². The molecule has 1 aliphatic heterocycles. The largest absolute Gasteiger partial charge is 0.391 e. The summed E-state index contributed by atoms with van der Waals surface area (Å²) < 4.78 is 17.1. The Morgan fingerprint density at radius 1 is 1.62 bits per heavy atom. The average molecular weight is 249 g/mol. The van der Waals surface area contributed by atoms with E-state index in [0.717, 1.165) is 32.4 Å². The van der Waals surface area contributed by atoms with Gasteiger partial charge in [-0.2, -0.15) is 0 Å². The molecule has 5 heteroatoms. The van der Waals surface area contributed by atoms with E-state index < -0.39 is 16.9 Å². The molecule has 3 unspecified atom stereocenters. The molecule has 0 aromatic heterocycles. The molecule has 1 rings (SSSR count). The fourth-order valence-corrected chi connectivity index (χ4v) is 3.13. The quantitative estimate of drug-likeness (QED) is 0.607. The summed E-state index contributed by atoms with van der Waals surface area (Å²) in [5.41, 5.74) is 0. The second-order valence-electron chi connectivity index (χ2n) is 4.27. The number of rotatable bonds is 8. The lowest BCUT2D eigenvalue weighted by atomic mass is 10.3. The number of ether oxygens (including phenoxy) is 1. The van der Waals surface area contributed by atoms with Crippen LogP contribution in [0.25, 0.3) is 0 Å². The zero-order valence-electron chi connectivity index (χ0n) is 9.98. The maximum atomic E-state index is 11.7. The van der Waals surface area contributed by atoms with E-state index in [2.05, 4.69) is 12.2 Å². The van der Waals surface area contributed by atoms with Crippen LogP contribution in [0.4, 0.5) is 0 Å². The Labute approximate surface area is 100 Å². The van der Waals surface area contributed by atoms with Gasteiger partial charge in [0.2, 0.25) is 0 Å². The average Bonchev–Trinajstić information content (AvgIpc) is 2.70. The van der Waals surface area contributed by atoms with Crippen LogP contribution in [-0.2, 0) is 15.5 Å². The molecule has 0 spiro atoms. The molecule has 0 aliphatic carbocycles. The van der Waals surface area contributed by atoms with E-state index in [4.69, 9.17) is 4.74 Å². The Balaban J connectivity index is 2.07. The van der Waals surface area contributed by atoms with Crippen LogP contribution in [0.2, 0.25) is 0 Å². The SMILES string of the molecule is CCCNCC(O)CS(=O)CC1CCCO1. The maximum absolute atomic E-state index is 11.7. The number of aliphatic hydroxyl groups is 1. The van der Waals surface area contributed by atoms with E-state index >= 15 is 0 Å². The van der Waals surface area contributed by atoms with Crippen molar-refractivity contribution in [3.8, 4) is 0 Å². The van der Waals surface area contributed by atoms with Crippen LogP contribution in [0.1, 0.15) is 26.2 Å². The smallest absolute Gasteiger partial charge is 0.0779 e. The van der Waals surface area contributed by atoms with Crippen molar-refractivity contribution in [2.75, 3.05) is 31.2 Å². The summed E-state index contributed by atoms with van der Waals surface area (Å²) in [5, 5.41) is 12.7. The fourth-order valence-electron chi connectivity index (χ4n) is 1.77. The summed E-state index contributed by atoms with van der Waals surface area (Å²) in [4.78, 5) is 0. The summed E-state index contributed by atoms with van der Waals surface area (Å²) in [5.74, 6) is 0.932. The molecule has 2 N–H and O–H groups in total. The highest BCUT2D eigenvalue weighted by atomic mass is 32.2. The molecule has 0 bridgehead atoms. The minimum absolute atomic E-state index is 0.150. The van der Waals surface area contributed by atoms with Gasteiger partial charge in [0, 0.05) is 29.7 Å². The third-order valence-electron chi connectivity index (χ3n) is 2.58. The van der Waals surface area contributed by atoms with Crippen LogP contribution in [-0.4, -0.2) is 52.7 Å². The van der Waals surface area contributed by atoms with Gasteiger partial charge in [-0.3, -0.25) is 4.21 Å². The second kappa shape index (κ2) is 8.17. The lowest BCUT2D eigenvalue weighted by Crippen LogP contribution is -2.33. The lowest BCUT2D eigenvalue weighted by molar-refractivity contribution is 0.128.